The average Bonchev–Trinajstić information content (AvgIpc) is 2.69. The van der Waals surface area contributed by atoms with Gasteiger partial charge >= 0.3 is 0 Å². The van der Waals surface area contributed by atoms with Crippen LogP contribution in [0.5, 0.6) is 5.75 Å². The maximum atomic E-state index is 9.89. The molecule has 0 aliphatic rings. The molecular formula is C12H15N3O. The van der Waals surface area contributed by atoms with Gasteiger partial charge in [-0.1, -0.05) is 26.0 Å². The fraction of sp³-hybridized carbons (Fsp3) is 0.333. The molecule has 0 atom stereocenters. The Labute approximate surface area is 94.6 Å². The maximum Gasteiger partial charge on any atom is 0.141 e. The topological polar surface area (TPSA) is 50.9 Å². The molecule has 84 valence electrons. The van der Waals surface area contributed by atoms with E-state index in [9.17, 15) is 5.11 Å². The molecule has 0 radical (unpaired) electrons. The summed E-state index contributed by atoms with van der Waals surface area (Å²) in [7, 11) is 0. The Morgan fingerprint density at radius 1 is 1.38 bits per heavy atom. The van der Waals surface area contributed by atoms with Crippen molar-refractivity contribution in [3.63, 3.8) is 0 Å². The van der Waals surface area contributed by atoms with E-state index >= 15 is 0 Å². The lowest BCUT2D eigenvalue weighted by Crippen LogP contribution is -2.03. The van der Waals surface area contributed by atoms with E-state index in [-0.39, 0.29) is 5.75 Å². The van der Waals surface area contributed by atoms with Crippen LogP contribution in [0.4, 0.5) is 0 Å². The van der Waals surface area contributed by atoms with Crippen molar-refractivity contribution in [1.82, 2.24) is 14.8 Å². The molecule has 0 amide bonds. The average molecular weight is 217 g/mol. The molecule has 0 spiro atoms. The molecule has 0 fully saturated rings. The smallest absolute Gasteiger partial charge is 0.141 e. The first-order valence-corrected chi connectivity index (χ1v) is 5.34. The van der Waals surface area contributed by atoms with Crippen molar-refractivity contribution in [1.29, 1.82) is 0 Å². The van der Waals surface area contributed by atoms with Crippen LogP contribution in [0.25, 0.3) is 5.69 Å². The Morgan fingerprint density at radius 3 is 2.81 bits per heavy atom. The highest BCUT2D eigenvalue weighted by molar-refractivity contribution is 5.51. The second-order valence-corrected chi connectivity index (χ2v) is 4.22. The lowest BCUT2D eigenvalue weighted by molar-refractivity contribution is 0.468. The van der Waals surface area contributed by atoms with Gasteiger partial charge in [-0.3, -0.25) is 0 Å². The molecule has 0 saturated heterocycles. The number of aromatic nitrogens is 3. The fourth-order valence-electron chi connectivity index (χ4n) is 1.77. The van der Waals surface area contributed by atoms with E-state index in [1.54, 1.807) is 17.1 Å². The molecule has 2 aromatic rings. The fourth-order valence-corrected chi connectivity index (χ4v) is 1.77. The van der Waals surface area contributed by atoms with Crippen molar-refractivity contribution in [3.8, 4) is 11.4 Å². The van der Waals surface area contributed by atoms with Gasteiger partial charge in [-0.25, -0.2) is 9.67 Å². The van der Waals surface area contributed by atoms with Crippen LogP contribution in [-0.2, 0) is 6.42 Å². The number of para-hydroxylation sites is 1. The molecule has 16 heavy (non-hydrogen) atoms. The van der Waals surface area contributed by atoms with Crippen LogP contribution in [0.15, 0.2) is 30.9 Å². The highest BCUT2D eigenvalue weighted by Crippen LogP contribution is 2.26. The number of hydrogen-bond acceptors (Lipinski definition) is 3. The summed E-state index contributed by atoms with van der Waals surface area (Å²) < 4.78 is 1.60. The van der Waals surface area contributed by atoms with Gasteiger partial charge in [0, 0.05) is 0 Å². The van der Waals surface area contributed by atoms with Crippen LogP contribution in [0, 0.1) is 5.92 Å². The Bertz CT molecular complexity index is 463. The third-order valence-electron chi connectivity index (χ3n) is 2.37. The molecule has 1 aromatic carbocycles. The predicted molar refractivity (Wildman–Crippen MR) is 61.6 cm³/mol. The van der Waals surface area contributed by atoms with E-state index < -0.39 is 0 Å². The summed E-state index contributed by atoms with van der Waals surface area (Å²) in [6.45, 7) is 4.30. The maximum absolute atomic E-state index is 9.89. The molecule has 0 aliphatic heterocycles. The SMILES string of the molecule is CC(C)Cc1cccc(O)c1-n1cncn1. The molecule has 2 rings (SSSR count). The monoisotopic (exact) mass is 217 g/mol. The number of phenols is 1. The minimum absolute atomic E-state index is 0.239. The van der Waals surface area contributed by atoms with Gasteiger partial charge in [0.2, 0.25) is 0 Å². The summed E-state index contributed by atoms with van der Waals surface area (Å²) >= 11 is 0. The lowest BCUT2D eigenvalue weighted by atomic mass is 10.0. The number of benzene rings is 1. The van der Waals surface area contributed by atoms with Gasteiger partial charge in [-0.15, -0.1) is 0 Å². The normalized spacial score (nSPS) is 10.9. The van der Waals surface area contributed by atoms with Crippen LogP contribution in [0.2, 0.25) is 0 Å². The van der Waals surface area contributed by atoms with Crippen molar-refractivity contribution in [3.05, 3.63) is 36.4 Å². The van der Waals surface area contributed by atoms with Gasteiger partial charge in [0.15, 0.2) is 0 Å². The van der Waals surface area contributed by atoms with E-state index in [0.717, 1.165) is 17.7 Å². The minimum atomic E-state index is 0.239. The van der Waals surface area contributed by atoms with Crippen LogP contribution < -0.4 is 0 Å². The largest absolute Gasteiger partial charge is 0.506 e. The van der Waals surface area contributed by atoms with Crippen molar-refractivity contribution < 1.29 is 5.11 Å². The van der Waals surface area contributed by atoms with Crippen LogP contribution in [0.3, 0.4) is 0 Å². The van der Waals surface area contributed by atoms with Crippen molar-refractivity contribution >= 4 is 0 Å². The van der Waals surface area contributed by atoms with E-state index in [0.29, 0.717) is 5.92 Å². The first kappa shape index (κ1) is 10.7. The number of nitrogens with zero attached hydrogens (tertiary/aromatic N) is 3. The molecular weight excluding hydrogens is 202 g/mol. The molecule has 0 saturated carbocycles. The van der Waals surface area contributed by atoms with Crippen LogP contribution in [0.1, 0.15) is 19.4 Å². The van der Waals surface area contributed by atoms with Crippen molar-refractivity contribution in [2.24, 2.45) is 5.92 Å². The van der Waals surface area contributed by atoms with Gasteiger partial charge in [0.05, 0.1) is 0 Å². The summed E-state index contributed by atoms with van der Waals surface area (Å²) in [4.78, 5) is 3.90. The molecule has 0 aliphatic carbocycles. The van der Waals surface area contributed by atoms with Gasteiger partial charge in [0.25, 0.3) is 0 Å². The summed E-state index contributed by atoms with van der Waals surface area (Å²) in [6.07, 6.45) is 3.97. The zero-order chi connectivity index (χ0) is 11.5. The van der Waals surface area contributed by atoms with E-state index in [1.807, 2.05) is 12.1 Å². The van der Waals surface area contributed by atoms with Gasteiger partial charge < -0.3 is 5.11 Å². The van der Waals surface area contributed by atoms with Gasteiger partial charge in [-0.2, -0.15) is 5.10 Å². The Kier molecular flexibility index (Phi) is 2.90. The molecule has 4 nitrogen and oxygen atoms in total. The van der Waals surface area contributed by atoms with Crippen molar-refractivity contribution in [2.45, 2.75) is 20.3 Å². The van der Waals surface area contributed by atoms with Crippen molar-refractivity contribution in [2.75, 3.05) is 0 Å². The highest BCUT2D eigenvalue weighted by atomic mass is 16.3. The summed E-state index contributed by atoms with van der Waals surface area (Å²) in [5.74, 6) is 0.771. The van der Waals surface area contributed by atoms with Crippen LogP contribution in [-0.4, -0.2) is 19.9 Å². The Hall–Kier alpha value is -1.84. The third kappa shape index (κ3) is 2.05. The number of aromatic hydroxyl groups is 1. The number of rotatable bonds is 3. The summed E-state index contributed by atoms with van der Waals surface area (Å²) in [5.41, 5.74) is 1.81. The first-order chi connectivity index (χ1) is 7.68. The number of hydrogen-bond donors (Lipinski definition) is 1. The van der Waals surface area contributed by atoms with Gasteiger partial charge in [0.1, 0.15) is 24.1 Å². The van der Waals surface area contributed by atoms with E-state index in [4.69, 9.17) is 0 Å². The Morgan fingerprint density at radius 2 is 2.19 bits per heavy atom. The summed E-state index contributed by atoms with van der Waals surface area (Å²) in [5, 5.41) is 13.9. The van der Waals surface area contributed by atoms with Gasteiger partial charge in [-0.05, 0) is 24.0 Å². The van der Waals surface area contributed by atoms with Crippen LogP contribution >= 0.6 is 0 Å². The zero-order valence-corrected chi connectivity index (χ0v) is 9.46. The molecule has 4 heteroatoms. The molecule has 0 bridgehead atoms. The standard InChI is InChI=1S/C12H15N3O/c1-9(2)6-10-4-3-5-11(16)12(10)15-8-13-7-14-15/h3-5,7-9,16H,6H2,1-2H3. The summed E-state index contributed by atoms with van der Waals surface area (Å²) in [6, 6.07) is 5.53. The first-order valence-electron chi connectivity index (χ1n) is 5.34. The number of phenolic OH excluding ortho intramolecular Hbond substituents is 1. The molecule has 1 N–H and O–H groups in total. The Balaban J connectivity index is 2.49. The molecule has 1 heterocycles. The molecule has 0 unspecified atom stereocenters. The van der Waals surface area contributed by atoms with E-state index in [1.165, 1.54) is 6.33 Å². The highest BCUT2D eigenvalue weighted by Gasteiger charge is 2.11. The van der Waals surface area contributed by atoms with E-state index in [2.05, 4.69) is 23.9 Å². The molecule has 1 aromatic heterocycles. The lowest BCUT2D eigenvalue weighted by Gasteiger charge is -2.12. The predicted octanol–water partition coefficient (Wildman–Crippen LogP) is 2.17. The second kappa shape index (κ2) is 4.35. The quantitative estimate of drug-likeness (QED) is 0.857. The second-order valence-electron chi connectivity index (χ2n) is 4.22. The minimum Gasteiger partial charge on any atom is -0.506 e. The third-order valence-corrected chi connectivity index (χ3v) is 2.37. The zero-order valence-electron chi connectivity index (χ0n) is 9.46.